The number of rotatable bonds is 2. The van der Waals surface area contributed by atoms with Gasteiger partial charge in [-0.3, -0.25) is 4.79 Å². The Morgan fingerprint density at radius 2 is 1.75 bits per heavy atom. The van der Waals surface area contributed by atoms with Gasteiger partial charge < -0.3 is 5.32 Å². The van der Waals surface area contributed by atoms with Crippen LogP contribution >= 0.6 is 15.9 Å². The first-order valence-corrected chi connectivity index (χ1v) is 8.35. The maximum atomic E-state index is 12.5. The van der Waals surface area contributed by atoms with E-state index < -0.39 is 0 Å². The van der Waals surface area contributed by atoms with Gasteiger partial charge in [0.25, 0.3) is 5.91 Å². The Balaban J connectivity index is 1.53. The van der Waals surface area contributed by atoms with Crippen LogP contribution in [0.2, 0.25) is 0 Å². The normalized spacial score (nSPS) is 38.0. The van der Waals surface area contributed by atoms with Gasteiger partial charge in [-0.05, 0) is 84.3 Å². The summed E-state index contributed by atoms with van der Waals surface area (Å²) in [7, 11) is 0. The lowest BCUT2D eigenvalue weighted by Crippen LogP contribution is -2.59. The largest absolute Gasteiger partial charge is 0.347 e. The van der Waals surface area contributed by atoms with Crippen LogP contribution < -0.4 is 5.32 Å². The Labute approximate surface area is 127 Å². The van der Waals surface area contributed by atoms with Crippen molar-refractivity contribution in [3.05, 3.63) is 28.5 Å². The van der Waals surface area contributed by atoms with E-state index in [9.17, 15) is 4.79 Å². The zero-order valence-electron chi connectivity index (χ0n) is 11.4. The fourth-order valence-electron chi connectivity index (χ4n) is 5.09. The monoisotopic (exact) mass is 334 g/mol. The zero-order valence-corrected chi connectivity index (χ0v) is 13.0. The van der Waals surface area contributed by atoms with Crippen molar-refractivity contribution >= 4 is 21.8 Å². The third kappa shape index (κ3) is 2.18. The van der Waals surface area contributed by atoms with Crippen molar-refractivity contribution in [2.24, 2.45) is 17.8 Å². The number of amides is 1. The van der Waals surface area contributed by atoms with Crippen LogP contribution in [-0.2, 0) is 0 Å². The molecule has 4 aliphatic rings. The van der Waals surface area contributed by atoms with Crippen molar-refractivity contribution in [2.45, 2.75) is 44.1 Å². The molecule has 4 heteroatoms. The fourth-order valence-corrected chi connectivity index (χ4v) is 5.32. The first-order chi connectivity index (χ1) is 9.62. The molecule has 1 N–H and O–H groups in total. The SMILES string of the molecule is O=C(NC12CC3CC(CC(C3)C1)C2)c1ccc(Br)nc1. The van der Waals surface area contributed by atoms with Crippen LogP contribution in [0.4, 0.5) is 0 Å². The van der Waals surface area contributed by atoms with Crippen molar-refractivity contribution < 1.29 is 4.79 Å². The number of hydrogen-bond acceptors (Lipinski definition) is 2. The van der Waals surface area contributed by atoms with Crippen molar-refractivity contribution in [3.8, 4) is 0 Å². The summed E-state index contributed by atoms with van der Waals surface area (Å²) in [6.07, 6.45) is 9.41. The van der Waals surface area contributed by atoms with Gasteiger partial charge in [0, 0.05) is 11.7 Å². The molecule has 0 saturated heterocycles. The summed E-state index contributed by atoms with van der Waals surface area (Å²) in [4.78, 5) is 16.6. The van der Waals surface area contributed by atoms with E-state index in [1.807, 2.05) is 12.1 Å². The molecule has 1 aromatic rings. The molecule has 0 radical (unpaired) electrons. The quantitative estimate of drug-likeness (QED) is 0.840. The zero-order chi connectivity index (χ0) is 13.7. The van der Waals surface area contributed by atoms with Crippen molar-refractivity contribution in [3.63, 3.8) is 0 Å². The van der Waals surface area contributed by atoms with Gasteiger partial charge in [0.2, 0.25) is 0 Å². The second-order valence-corrected chi connectivity index (χ2v) is 7.83. The summed E-state index contributed by atoms with van der Waals surface area (Å²) < 4.78 is 0.767. The maximum absolute atomic E-state index is 12.5. The Morgan fingerprint density at radius 1 is 1.15 bits per heavy atom. The van der Waals surface area contributed by atoms with E-state index >= 15 is 0 Å². The Bertz CT molecular complexity index is 505. The molecule has 1 amide bonds. The molecule has 5 rings (SSSR count). The Kier molecular flexibility index (Phi) is 2.92. The average molecular weight is 335 g/mol. The number of carbonyl (C=O) groups is 1. The van der Waals surface area contributed by atoms with E-state index in [1.54, 1.807) is 6.20 Å². The molecule has 0 unspecified atom stereocenters. The van der Waals surface area contributed by atoms with E-state index in [4.69, 9.17) is 0 Å². The standard InChI is InChI=1S/C16H19BrN2O/c17-14-2-1-13(9-18-14)15(20)19-16-6-10-3-11(7-16)5-12(4-10)8-16/h1-2,9-12H,3-8H2,(H,19,20). The topological polar surface area (TPSA) is 42.0 Å². The highest BCUT2D eigenvalue weighted by molar-refractivity contribution is 9.10. The number of aromatic nitrogens is 1. The second kappa shape index (κ2) is 4.55. The minimum absolute atomic E-state index is 0.0481. The smallest absolute Gasteiger partial charge is 0.253 e. The second-order valence-electron chi connectivity index (χ2n) is 7.02. The van der Waals surface area contributed by atoms with Crippen molar-refractivity contribution in [1.82, 2.24) is 10.3 Å². The van der Waals surface area contributed by atoms with Gasteiger partial charge in [-0.2, -0.15) is 0 Å². The summed E-state index contributed by atoms with van der Waals surface area (Å²) in [5.41, 5.74) is 0.753. The van der Waals surface area contributed by atoms with E-state index in [-0.39, 0.29) is 11.4 Å². The van der Waals surface area contributed by atoms with Gasteiger partial charge >= 0.3 is 0 Å². The number of carbonyl (C=O) groups excluding carboxylic acids is 1. The van der Waals surface area contributed by atoms with E-state index in [0.717, 1.165) is 22.4 Å². The molecular weight excluding hydrogens is 316 g/mol. The van der Waals surface area contributed by atoms with E-state index in [1.165, 1.54) is 38.5 Å². The van der Waals surface area contributed by atoms with Crippen LogP contribution in [-0.4, -0.2) is 16.4 Å². The van der Waals surface area contributed by atoms with Gasteiger partial charge in [-0.15, -0.1) is 0 Å². The first kappa shape index (κ1) is 12.8. The third-order valence-electron chi connectivity index (χ3n) is 5.41. The molecule has 1 heterocycles. The summed E-state index contributed by atoms with van der Waals surface area (Å²) in [5, 5.41) is 3.37. The molecule has 0 aromatic carbocycles. The van der Waals surface area contributed by atoms with Crippen LogP contribution in [0.25, 0.3) is 0 Å². The molecular formula is C16H19BrN2O. The van der Waals surface area contributed by atoms with Crippen molar-refractivity contribution in [2.75, 3.05) is 0 Å². The molecule has 0 atom stereocenters. The highest BCUT2D eigenvalue weighted by atomic mass is 79.9. The van der Waals surface area contributed by atoms with Crippen molar-refractivity contribution in [1.29, 1.82) is 0 Å². The maximum Gasteiger partial charge on any atom is 0.253 e. The van der Waals surface area contributed by atoms with Crippen LogP contribution in [0.5, 0.6) is 0 Å². The minimum atomic E-state index is 0.0481. The molecule has 3 nitrogen and oxygen atoms in total. The third-order valence-corrected chi connectivity index (χ3v) is 5.88. The van der Waals surface area contributed by atoms with Gasteiger partial charge in [0.05, 0.1) is 5.56 Å². The molecule has 20 heavy (non-hydrogen) atoms. The summed E-state index contributed by atoms with van der Waals surface area (Å²) >= 11 is 3.31. The number of nitrogens with one attached hydrogen (secondary N) is 1. The molecule has 4 fully saturated rings. The van der Waals surface area contributed by atoms with Crippen LogP contribution in [0.3, 0.4) is 0 Å². The van der Waals surface area contributed by atoms with Gasteiger partial charge in [0.15, 0.2) is 0 Å². The molecule has 4 aliphatic carbocycles. The van der Waals surface area contributed by atoms with E-state index in [2.05, 4.69) is 26.2 Å². The van der Waals surface area contributed by atoms with E-state index in [0.29, 0.717) is 5.56 Å². The summed E-state index contributed by atoms with van der Waals surface area (Å²) in [5.74, 6) is 2.60. The molecule has 0 aliphatic heterocycles. The average Bonchev–Trinajstić information content (AvgIpc) is 2.37. The molecule has 4 bridgehead atoms. The molecule has 4 saturated carbocycles. The summed E-state index contributed by atoms with van der Waals surface area (Å²) in [6, 6.07) is 3.67. The number of halogens is 1. The first-order valence-electron chi connectivity index (χ1n) is 7.56. The Hall–Kier alpha value is -0.900. The number of hydrogen-bond donors (Lipinski definition) is 1. The molecule has 1 aromatic heterocycles. The Morgan fingerprint density at radius 3 is 2.25 bits per heavy atom. The fraction of sp³-hybridized carbons (Fsp3) is 0.625. The lowest BCUT2D eigenvalue weighted by molar-refractivity contribution is -0.0167. The summed E-state index contributed by atoms with van der Waals surface area (Å²) in [6.45, 7) is 0. The van der Waals surface area contributed by atoms with Crippen LogP contribution in [0.1, 0.15) is 48.9 Å². The van der Waals surface area contributed by atoms with Crippen LogP contribution in [0, 0.1) is 17.8 Å². The minimum Gasteiger partial charge on any atom is -0.347 e. The lowest BCUT2D eigenvalue weighted by Gasteiger charge is -2.56. The predicted octanol–water partition coefficient (Wildman–Crippen LogP) is 3.54. The predicted molar refractivity (Wildman–Crippen MR) is 80.3 cm³/mol. The molecule has 106 valence electrons. The van der Waals surface area contributed by atoms with Crippen LogP contribution in [0.15, 0.2) is 22.9 Å². The van der Waals surface area contributed by atoms with Gasteiger partial charge in [-0.25, -0.2) is 4.98 Å². The lowest BCUT2D eigenvalue weighted by atomic mass is 9.53. The molecule has 0 spiro atoms. The van der Waals surface area contributed by atoms with Gasteiger partial charge in [0.1, 0.15) is 4.60 Å². The highest BCUT2D eigenvalue weighted by Gasteiger charge is 2.51. The number of pyridine rings is 1. The number of nitrogens with zero attached hydrogens (tertiary/aromatic N) is 1. The van der Waals surface area contributed by atoms with Gasteiger partial charge in [-0.1, -0.05) is 0 Å². The highest BCUT2D eigenvalue weighted by Crippen LogP contribution is 2.55.